The molecule has 0 amide bonds. The molecule has 3 aromatic carbocycles. The molecule has 0 fully saturated rings. The Labute approximate surface area is 190 Å². The summed E-state index contributed by atoms with van der Waals surface area (Å²) in [5.74, 6) is -0.999. The number of carboxylic acid groups (broad SMARTS) is 1. The fraction of sp³-hybridized carbons (Fsp3) is 0.107. The zero-order chi connectivity index (χ0) is 22.0. The minimum Gasteiger partial charge on any atom is -0.479 e. The summed E-state index contributed by atoms with van der Waals surface area (Å²) in [6.45, 7) is 0. The summed E-state index contributed by atoms with van der Waals surface area (Å²) < 4.78 is 7.69. The summed E-state index contributed by atoms with van der Waals surface area (Å²) in [5, 5.41) is 13.2. The van der Waals surface area contributed by atoms with E-state index in [9.17, 15) is 9.90 Å². The predicted molar refractivity (Wildman–Crippen MR) is 130 cm³/mol. The van der Waals surface area contributed by atoms with Gasteiger partial charge in [0.2, 0.25) is 0 Å². The highest BCUT2D eigenvalue weighted by Crippen LogP contribution is 2.45. The lowest BCUT2D eigenvalue weighted by Crippen LogP contribution is -2.33. The third-order valence-electron chi connectivity index (χ3n) is 5.86. The van der Waals surface area contributed by atoms with Crippen LogP contribution in [0.15, 0.2) is 109 Å². The van der Waals surface area contributed by atoms with Gasteiger partial charge in [0.05, 0.1) is 0 Å². The number of hydrogen-bond acceptors (Lipinski definition) is 3. The van der Waals surface area contributed by atoms with Crippen LogP contribution in [0, 0.1) is 0 Å². The van der Waals surface area contributed by atoms with Gasteiger partial charge in [0, 0.05) is 16.7 Å². The van der Waals surface area contributed by atoms with E-state index in [2.05, 4.69) is 41.8 Å². The summed E-state index contributed by atoms with van der Waals surface area (Å²) in [5.41, 5.74) is 2.99. The molecule has 0 saturated carbocycles. The van der Waals surface area contributed by atoms with Gasteiger partial charge in [-0.15, -0.1) is 11.3 Å². The molecule has 5 rings (SSSR count). The number of fused-ring (bicyclic) bond motifs is 1. The number of benzene rings is 3. The minimum absolute atomic E-state index is 0.547. The molecule has 3 nitrogen and oxygen atoms in total. The molecule has 1 aromatic heterocycles. The Morgan fingerprint density at radius 2 is 1.62 bits per heavy atom. The van der Waals surface area contributed by atoms with Crippen molar-refractivity contribution in [1.29, 1.82) is 0 Å². The maximum Gasteiger partial charge on any atom is 0.337 e. The van der Waals surface area contributed by atoms with Crippen molar-refractivity contribution in [3.05, 3.63) is 125 Å². The van der Waals surface area contributed by atoms with E-state index in [1.54, 1.807) is 23.5 Å². The Bertz CT molecular complexity index is 1300. The Morgan fingerprint density at radius 3 is 2.31 bits per heavy atom. The molecule has 2 unspecified atom stereocenters. The van der Waals surface area contributed by atoms with Gasteiger partial charge in [-0.3, -0.25) is 0 Å². The van der Waals surface area contributed by atoms with E-state index in [1.807, 2.05) is 54.6 Å². The van der Waals surface area contributed by atoms with E-state index in [0.717, 1.165) is 26.8 Å². The monoisotopic (exact) mass is 438 g/mol. The van der Waals surface area contributed by atoms with Gasteiger partial charge in [0.1, 0.15) is 5.60 Å². The summed E-state index contributed by atoms with van der Waals surface area (Å²) in [6, 6.07) is 27.5. The highest BCUT2D eigenvalue weighted by atomic mass is 32.1. The lowest BCUT2D eigenvalue weighted by atomic mass is 9.83. The standard InChI is InChI=1S/C28H22O3S/c29-27(30)26(22-11-5-2-6-12-22)31-28(24-19-32-25-14-8-7-13-23(24)25)17-15-21(16-18-28)20-9-3-1-4-10-20/h1-17,19,26H,18H2,(H,29,30). The SMILES string of the molecule is O=C(O)C(OC1(c2csc3ccccc23)C=CC(c2ccccc2)=CC1)c1ccccc1. The first-order chi connectivity index (χ1) is 15.7. The van der Waals surface area contributed by atoms with Gasteiger partial charge in [-0.25, -0.2) is 4.79 Å². The normalized spacial score (nSPS) is 18.9. The summed E-state index contributed by atoms with van der Waals surface area (Å²) in [7, 11) is 0. The second-order valence-corrected chi connectivity index (χ2v) is 8.76. The molecule has 32 heavy (non-hydrogen) atoms. The van der Waals surface area contributed by atoms with Gasteiger partial charge >= 0.3 is 5.97 Å². The number of thiophene rings is 1. The van der Waals surface area contributed by atoms with Crippen molar-refractivity contribution in [3.63, 3.8) is 0 Å². The van der Waals surface area contributed by atoms with Crippen molar-refractivity contribution in [2.24, 2.45) is 0 Å². The highest BCUT2D eigenvalue weighted by molar-refractivity contribution is 7.17. The van der Waals surface area contributed by atoms with Gasteiger partial charge in [-0.2, -0.15) is 0 Å². The first kappa shape index (κ1) is 20.4. The minimum atomic E-state index is -1.08. The molecule has 0 saturated heterocycles. The van der Waals surface area contributed by atoms with Crippen LogP contribution in [0.3, 0.4) is 0 Å². The van der Waals surface area contributed by atoms with E-state index in [4.69, 9.17) is 4.74 Å². The Kier molecular flexibility index (Phi) is 5.48. The Morgan fingerprint density at radius 1 is 0.938 bits per heavy atom. The fourth-order valence-corrected chi connectivity index (χ4v) is 5.26. The number of hydrogen-bond donors (Lipinski definition) is 1. The van der Waals surface area contributed by atoms with Crippen LogP contribution in [-0.4, -0.2) is 11.1 Å². The van der Waals surface area contributed by atoms with Crippen molar-refractivity contribution in [2.45, 2.75) is 18.1 Å². The van der Waals surface area contributed by atoms with Gasteiger partial charge in [-0.05, 0) is 39.6 Å². The van der Waals surface area contributed by atoms with Gasteiger partial charge in [0.25, 0.3) is 0 Å². The second-order valence-electron chi connectivity index (χ2n) is 7.84. The molecular formula is C28H22O3S. The molecular weight excluding hydrogens is 416 g/mol. The van der Waals surface area contributed by atoms with Crippen molar-refractivity contribution < 1.29 is 14.6 Å². The van der Waals surface area contributed by atoms with Crippen molar-refractivity contribution in [2.75, 3.05) is 0 Å². The average molecular weight is 439 g/mol. The third kappa shape index (κ3) is 3.79. The van der Waals surface area contributed by atoms with Gasteiger partial charge in [0.15, 0.2) is 6.10 Å². The topological polar surface area (TPSA) is 46.5 Å². The molecule has 0 aliphatic heterocycles. The number of ether oxygens (including phenoxy) is 1. The van der Waals surface area contributed by atoms with E-state index in [0.29, 0.717) is 12.0 Å². The molecule has 4 aromatic rings. The quantitative estimate of drug-likeness (QED) is 0.353. The molecule has 0 radical (unpaired) electrons. The smallest absolute Gasteiger partial charge is 0.337 e. The molecule has 158 valence electrons. The molecule has 4 heteroatoms. The van der Waals surface area contributed by atoms with Crippen molar-refractivity contribution in [1.82, 2.24) is 0 Å². The molecule has 0 spiro atoms. The van der Waals surface area contributed by atoms with E-state index >= 15 is 0 Å². The lowest BCUT2D eigenvalue weighted by Gasteiger charge is -2.35. The summed E-state index contributed by atoms with van der Waals surface area (Å²) >= 11 is 1.65. The molecule has 0 bridgehead atoms. The Balaban J connectivity index is 1.60. The van der Waals surface area contributed by atoms with E-state index in [-0.39, 0.29) is 0 Å². The first-order valence-corrected chi connectivity index (χ1v) is 11.4. The maximum atomic E-state index is 12.3. The van der Waals surface area contributed by atoms with Crippen LogP contribution in [0.25, 0.3) is 15.7 Å². The highest BCUT2D eigenvalue weighted by Gasteiger charge is 2.39. The van der Waals surface area contributed by atoms with Crippen LogP contribution in [-0.2, 0) is 15.1 Å². The predicted octanol–water partition coefficient (Wildman–Crippen LogP) is 6.98. The molecule has 1 aliphatic rings. The second kappa shape index (κ2) is 8.58. The zero-order valence-corrected chi connectivity index (χ0v) is 18.2. The third-order valence-corrected chi connectivity index (χ3v) is 6.82. The molecule has 1 N–H and O–H groups in total. The van der Waals surface area contributed by atoms with E-state index in [1.165, 1.54) is 0 Å². The molecule has 2 atom stereocenters. The fourth-order valence-electron chi connectivity index (χ4n) is 4.22. The van der Waals surface area contributed by atoms with Gasteiger partial charge in [-0.1, -0.05) is 91.0 Å². The number of aliphatic carboxylic acids is 1. The largest absolute Gasteiger partial charge is 0.479 e. The lowest BCUT2D eigenvalue weighted by molar-refractivity contribution is -0.161. The average Bonchev–Trinajstić information content (AvgIpc) is 3.29. The van der Waals surface area contributed by atoms with Crippen LogP contribution in [0.1, 0.15) is 29.2 Å². The summed E-state index contributed by atoms with van der Waals surface area (Å²) in [4.78, 5) is 12.3. The van der Waals surface area contributed by atoms with Crippen LogP contribution in [0.5, 0.6) is 0 Å². The van der Waals surface area contributed by atoms with Gasteiger partial charge < -0.3 is 9.84 Å². The first-order valence-electron chi connectivity index (χ1n) is 10.5. The van der Waals surface area contributed by atoms with Crippen LogP contribution in [0.4, 0.5) is 0 Å². The number of carboxylic acids is 1. The number of carbonyl (C=O) groups is 1. The van der Waals surface area contributed by atoms with Crippen molar-refractivity contribution in [3.8, 4) is 0 Å². The molecule has 1 aliphatic carbocycles. The maximum absolute atomic E-state index is 12.3. The summed E-state index contributed by atoms with van der Waals surface area (Å²) in [6.07, 6.45) is 5.69. The zero-order valence-electron chi connectivity index (χ0n) is 17.3. The Hall–Kier alpha value is -3.47. The van der Waals surface area contributed by atoms with Crippen molar-refractivity contribution >= 4 is 33.0 Å². The van der Waals surface area contributed by atoms with E-state index < -0.39 is 17.7 Å². The van der Waals surface area contributed by atoms with Crippen LogP contribution < -0.4 is 0 Å². The van der Waals surface area contributed by atoms with Crippen LogP contribution >= 0.6 is 11.3 Å². The number of rotatable bonds is 6. The molecule has 1 heterocycles. The van der Waals surface area contributed by atoms with Crippen LogP contribution in [0.2, 0.25) is 0 Å². The number of allylic oxidation sites excluding steroid dienone is 2.